The molecule has 0 spiro atoms. The Morgan fingerprint density at radius 1 is 0.931 bits per heavy atom. The minimum absolute atomic E-state index is 0.648. The Hall–Kier alpha value is -2.76. The Balaban J connectivity index is 1.76. The van der Waals surface area contributed by atoms with Crippen LogP contribution in [-0.4, -0.2) is 21.9 Å². The predicted octanol–water partition coefficient (Wildman–Crippen LogP) is 6.20. The number of benzene rings is 3. The van der Waals surface area contributed by atoms with Gasteiger partial charge in [-0.25, -0.2) is 0 Å². The molecule has 0 aliphatic carbocycles. The molecule has 0 aliphatic heterocycles. The van der Waals surface area contributed by atoms with Gasteiger partial charge < -0.3 is 4.74 Å². The van der Waals surface area contributed by atoms with E-state index in [1.807, 2.05) is 42.5 Å². The Morgan fingerprint density at radius 2 is 1.66 bits per heavy atom. The summed E-state index contributed by atoms with van der Waals surface area (Å²) in [5, 5.41) is 10.4. The van der Waals surface area contributed by atoms with Gasteiger partial charge in [0.05, 0.1) is 12.1 Å². The average molecular weight is 422 g/mol. The average Bonchev–Trinajstić information content (AvgIpc) is 3.17. The summed E-state index contributed by atoms with van der Waals surface area (Å²) in [6.45, 7) is 2.07. The lowest BCUT2D eigenvalue weighted by atomic mass is 10.2. The fourth-order valence-corrected chi connectivity index (χ4v) is 4.23. The van der Waals surface area contributed by atoms with E-state index in [-0.39, 0.29) is 0 Å². The van der Waals surface area contributed by atoms with Crippen LogP contribution in [0.1, 0.15) is 11.1 Å². The van der Waals surface area contributed by atoms with Gasteiger partial charge in [0.1, 0.15) is 5.75 Å². The number of hydrogen-bond donors (Lipinski definition) is 0. The third kappa shape index (κ3) is 4.16. The molecule has 0 radical (unpaired) electrons. The van der Waals surface area contributed by atoms with Crippen molar-refractivity contribution in [3.05, 3.63) is 88.9 Å². The molecule has 1 aromatic heterocycles. The van der Waals surface area contributed by atoms with Gasteiger partial charge in [-0.3, -0.25) is 4.57 Å². The van der Waals surface area contributed by atoms with Gasteiger partial charge in [-0.1, -0.05) is 71.4 Å². The first-order valence-corrected chi connectivity index (χ1v) is 10.6. The van der Waals surface area contributed by atoms with Gasteiger partial charge in [-0.05, 0) is 37.3 Å². The van der Waals surface area contributed by atoms with Crippen molar-refractivity contribution in [2.45, 2.75) is 17.8 Å². The zero-order valence-corrected chi connectivity index (χ0v) is 17.7. The van der Waals surface area contributed by atoms with E-state index in [0.717, 1.165) is 39.3 Å². The number of methoxy groups -OCH3 is 1. The van der Waals surface area contributed by atoms with Gasteiger partial charge in [0.15, 0.2) is 11.0 Å². The largest absolute Gasteiger partial charge is 0.496 e. The van der Waals surface area contributed by atoms with Crippen LogP contribution in [0.25, 0.3) is 17.1 Å². The van der Waals surface area contributed by atoms with Crippen LogP contribution in [0.15, 0.2) is 78.0 Å². The lowest BCUT2D eigenvalue weighted by molar-refractivity contribution is 0.411. The van der Waals surface area contributed by atoms with Crippen LogP contribution >= 0.6 is 23.4 Å². The molecular weight excluding hydrogens is 402 g/mol. The molecule has 0 saturated heterocycles. The van der Waals surface area contributed by atoms with Crippen molar-refractivity contribution in [3.8, 4) is 22.8 Å². The van der Waals surface area contributed by atoms with Crippen molar-refractivity contribution in [2.24, 2.45) is 0 Å². The number of rotatable bonds is 6. The SMILES string of the molecule is COc1ccccc1CSc1nnc(-c2ccccc2Cl)n1-c1ccc(C)cc1. The van der Waals surface area contributed by atoms with Crippen LogP contribution in [0.3, 0.4) is 0 Å². The molecule has 0 atom stereocenters. The van der Waals surface area contributed by atoms with Gasteiger partial charge in [0.25, 0.3) is 0 Å². The highest BCUT2D eigenvalue weighted by molar-refractivity contribution is 7.98. The van der Waals surface area contributed by atoms with Crippen molar-refractivity contribution in [2.75, 3.05) is 7.11 Å². The molecule has 0 saturated carbocycles. The zero-order valence-electron chi connectivity index (χ0n) is 16.2. The first kappa shape index (κ1) is 19.6. The number of ether oxygens (including phenoxy) is 1. The highest BCUT2D eigenvalue weighted by Gasteiger charge is 2.18. The monoisotopic (exact) mass is 421 g/mol. The van der Waals surface area contributed by atoms with E-state index in [1.165, 1.54) is 5.56 Å². The Bertz CT molecular complexity index is 1130. The summed E-state index contributed by atoms with van der Waals surface area (Å²) in [6, 6.07) is 24.0. The highest BCUT2D eigenvalue weighted by Crippen LogP contribution is 2.34. The Kier molecular flexibility index (Phi) is 5.88. The summed E-state index contributed by atoms with van der Waals surface area (Å²) >= 11 is 8.08. The van der Waals surface area contributed by atoms with Gasteiger partial charge in [0, 0.05) is 22.6 Å². The first-order valence-electron chi connectivity index (χ1n) is 9.19. The van der Waals surface area contributed by atoms with E-state index < -0.39 is 0 Å². The molecule has 29 heavy (non-hydrogen) atoms. The van der Waals surface area contributed by atoms with Crippen molar-refractivity contribution in [1.82, 2.24) is 14.8 Å². The van der Waals surface area contributed by atoms with E-state index in [4.69, 9.17) is 16.3 Å². The second-order valence-electron chi connectivity index (χ2n) is 6.56. The lowest BCUT2D eigenvalue weighted by Crippen LogP contribution is -2.00. The molecule has 0 aliphatic rings. The zero-order chi connectivity index (χ0) is 20.2. The molecule has 0 N–H and O–H groups in total. The molecule has 4 nitrogen and oxygen atoms in total. The third-order valence-corrected chi connectivity index (χ3v) is 5.90. The molecule has 6 heteroatoms. The number of aryl methyl sites for hydroxylation is 1. The standard InChI is InChI=1S/C23H20ClN3OS/c1-16-11-13-18(14-12-16)27-22(19-8-4-5-9-20(19)24)25-26-23(27)29-15-17-7-3-6-10-21(17)28-2/h3-14H,15H2,1-2H3. The quantitative estimate of drug-likeness (QED) is 0.347. The molecule has 4 aromatic rings. The maximum absolute atomic E-state index is 6.46. The summed E-state index contributed by atoms with van der Waals surface area (Å²) in [7, 11) is 1.69. The second kappa shape index (κ2) is 8.72. The lowest BCUT2D eigenvalue weighted by Gasteiger charge is -2.12. The van der Waals surface area contributed by atoms with E-state index in [9.17, 15) is 0 Å². The number of thioether (sulfide) groups is 1. The van der Waals surface area contributed by atoms with Crippen LogP contribution in [0.2, 0.25) is 5.02 Å². The summed E-state index contributed by atoms with van der Waals surface area (Å²) in [6.07, 6.45) is 0. The van der Waals surface area contributed by atoms with E-state index in [2.05, 4.69) is 52.0 Å². The smallest absolute Gasteiger partial charge is 0.196 e. The van der Waals surface area contributed by atoms with E-state index in [0.29, 0.717) is 5.02 Å². The molecule has 3 aromatic carbocycles. The fraction of sp³-hybridized carbons (Fsp3) is 0.130. The summed E-state index contributed by atoms with van der Waals surface area (Å²) in [4.78, 5) is 0. The van der Waals surface area contributed by atoms with Crippen LogP contribution in [0, 0.1) is 6.92 Å². The summed E-state index contributed by atoms with van der Waals surface area (Å²) in [5.74, 6) is 2.31. The molecule has 0 fully saturated rings. The van der Waals surface area contributed by atoms with Crippen LogP contribution in [0.5, 0.6) is 5.75 Å². The van der Waals surface area contributed by atoms with Crippen molar-refractivity contribution in [3.63, 3.8) is 0 Å². The van der Waals surface area contributed by atoms with Gasteiger partial charge in [0.2, 0.25) is 0 Å². The number of para-hydroxylation sites is 1. The van der Waals surface area contributed by atoms with Crippen LogP contribution in [0.4, 0.5) is 0 Å². The van der Waals surface area contributed by atoms with Crippen molar-refractivity contribution in [1.29, 1.82) is 0 Å². The molecule has 0 bridgehead atoms. The number of aromatic nitrogens is 3. The second-order valence-corrected chi connectivity index (χ2v) is 7.91. The fourth-order valence-electron chi connectivity index (χ4n) is 3.07. The van der Waals surface area contributed by atoms with Crippen LogP contribution in [-0.2, 0) is 5.75 Å². The van der Waals surface area contributed by atoms with Gasteiger partial charge in [-0.15, -0.1) is 10.2 Å². The molecule has 146 valence electrons. The minimum Gasteiger partial charge on any atom is -0.496 e. The Morgan fingerprint density at radius 3 is 2.41 bits per heavy atom. The summed E-state index contributed by atoms with van der Waals surface area (Å²) in [5.41, 5.74) is 4.16. The molecule has 4 rings (SSSR count). The van der Waals surface area contributed by atoms with Crippen LogP contribution < -0.4 is 4.74 Å². The maximum atomic E-state index is 6.46. The Labute approximate surface area is 179 Å². The van der Waals surface area contributed by atoms with Crippen molar-refractivity contribution >= 4 is 23.4 Å². The van der Waals surface area contributed by atoms with Crippen molar-refractivity contribution < 1.29 is 4.74 Å². The van der Waals surface area contributed by atoms with Gasteiger partial charge in [-0.2, -0.15) is 0 Å². The summed E-state index contributed by atoms with van der Waals surface area (Å²) < 4.78 is 7.53. The number of nitrogens with zero attached hydrogens (tertiary/aromatic N) is 3. The normalized spacial score (nSPS) is 10.9. The van der Waals surface area contributed by atoms with E-state index >= 15 is 0 Å². The first-order chi connectivity index (χ1) is 14.2. The molecular formula is C23H20ClN3OS. The highest BCUT2D eigenvalue weighted by atomic mass is 35.5. The molecule has 0 unspecified atom stereocenters. The number of halogens is 1. The predicted molar refractivity (Wildman–Crippen MR) is 119 cm³/mol. The molecule has 0 amide bonds. The molecule has 1 heterocycles. The number of hydrogen-bond acceptors (Lipinski definition) is 4. The minimum atomic E-state index is 0.648. The van der Waals surface area contributed by atoms with Gasteiger partial charge >= 0.3 is 0 Å². The topological polar surface area (TPSA) is 39.9 Å². The maximum Gasteiger partial charge on any atom is 0.196 e. The third-order valence-electron chi connectivity index (χ3n) is 4.59. The van der Waals surface area contributed by atoms with E-state index in [1.54, 1.807) is 18.9 Å².